The lowest BCUT2D eigenvalue weighted by Crippen LogP contribution is -2.28. The number of fused-ring (bicyclic) bond motifs is 1. The number of likely N-dealkylation sites (N-methyl/N-ethyl adjacent to an activating group) is 1. The highest BCUT2D eigenvalue weighted by Crippen LogP contribution is 2.33. The van der Waals surface area contributed by atoms with Crippen molar-refractivity contribution in [3.05, 3.63) is 17.2 Å². The highest BCUT2D eigenvalue weighted by Gasteiger charge is 2.33. The first-order valence-electron chi connectivity index (χ1n) is 6.86. The summed E-state index contributed by atoms with van der Waals surface area (Å²) < 4.78 is 2.00. The van der Waals surface area contributed by atoms with Crippen molar-refractivity contribution in [2.75, 3.05) is 20.1 Å². The first-order chi connectivity index (χ1) is 9.08. The maximum absolute atomic E-state index is 11.3. The topological polar surface area (TPSA) is 84.4 Å². The van der Waals surface area contributed by atoms with E-state index in [0.717, 1.165) is 50.3 Å². The van der Waals surface area contributed by atoms with Crippen LogP contribution < -0.4 is 5.73 Å². The molecule has 19 heavy (non-hydrogen) atoms. The normalized spacial score (nSPS) is 27.5. The second-order valence-corrected chi connectivity index (χ2v) is 5.65. The Morgan fingerprint density at radius 3 is 2.89 bits per heavy atom. The van der Waals surface area contributed by atoms with E-state index in [-0.39, 0.29) is 11.9 Å². The molecule has 104 valence electrons. The summed E-state index contributed by atoms with van der Waals surface area (Å²) in [6.45, 7) is 1.97. The van der Waals surface area contributed by atoms with Crippen LogP contribution in [0, 0.1) is 0 Å². The molecular formula is C13H20N4O2. The molecule has 2 aliphatic heterocycles. The summed E-state index contributed by atoms with van der Waals surface area (Å²) in [4.78, 5) is 18.0. The van der Waals surface area contributed by atoms with Gasteiger partial charge < -0.3 is 20.3 Å². The number of likely N-dealkylation sites (tertiary alicyclic amines) is 1. The van der Waals surface area contributed by atoms with Crippen molar-refractivity contribution in [2.24, 2.45) is 5.73 Å². The fourth-order valence-electron chi connectivity index (χ4n) is 3.31. The van der Waals surface area contributed by atoms with Crippen LogP contribution in [0.15, 0.2) is 0 Å². The zero-order valence-corrected chi connectivity index (χ0v) is 11.2. The highest BCUT2D eigenvalue weighted by atomic mass is 16.4. The fraction of sp³-hybridized carbons (Fsp3) is 0.692. The number of rotatable bonds is 2. The molecule has 1 fully saturated rings. The third kappa shape index (κ3) is 2.04. The van der Waals surface area contributed by atoms with E-state index < -0.39 is 5.97 Å². The van der Waals surface area contributed by atoms with Crippen molar-refractivity contribution in [2.45, 2.75) is 37.8 Å². The maximum atomic E-state index is 11.3. The minimum atomic E-state index is -0.935. The van der Waals surface area contributed by atoms with Gasteiger partial charge >= 0.3 is 5.97 Å². The quantitative estimate of drug-likeness (QED) is 0.825. The monoisotopic (exact) mass is 264 g/mol. The lowest BCUT2D eigenvalue weighted by atomic mass is 10.0. The minimum absolute atomic E-state index is 0.120. The van der Waals surface area contributed by atoms with Gasteiger partial charge in [-0.2, -0.15) is 0 Å². The molecule has 0 radical (unpaired) electrons. The number of nitrogens with two attached hydrogens (primary N) is 1. The Kier molecular flexibility index (Phi) is 3.06. The van der Waals surface area contributed by atoms with Gasteiger partial charge in [0.05, 0.1) is 11.9 Å². The number of carbonyl (C=O) groups is 1. The van der Waals surface area contributed by atoms with Gasteiger partial charge in [0.2, 0.25) is 0 Å². The molecule has 0 aliphatic carbocycles. The van der Waals surface area contributed by atoms with Crippen molar-refractivity contribution in [3.63, 3.8) is 0 Å². The number of carboxylic acid groups (broad SMARTS) is 1. The van der Waals surface area contributed by atoms with Crippen LogP contribution in [0.3, 0.4) is 0 Å². The Morgan fingerprint density at radius 2 is 2.26 bits per heavy atom. The minimum Gasteiger partial charge on any atom is -0.476 e. The van der Waals surface area contributed by atoms with Gasteiger partial charge in [-0.25, -0.2) is 9.78 Å². The number of nitrogens with zero attached hydrogens (tertiary/aromatic N) is 3. The van der Waals surface area contributed by atoms with E-state index in [0.29, 0.717) is 5.92 Å². The summed E-state index contributed by atoms with van der Waals surface area (Å²) in [5.41, 5.74) is 7.20. The average molecular weight is 264 g/mol. The Hall–Kier alpha value is -1.40. The van der Waals surface area contributed by atoms with Gasteiger partial charge in [0.25, 0.3) is 0 Å². The van der Waals surface area contributed by atoms with E-state index in [9.17, 15) is 9.90 Å². The predicted octanol–water partition coefficient (Wildman–Crippen LogP) is 0.794. The van der Waals surface area contributed by atoms with Crippen molar-refractivity contribution in [3.8, 4) is 0 Å². The molecule has 6 nitrogen and oxygen atoms in total. The molecule has 6 heteroatoms. The lowest BCUT2D eigenvalue weighted by Gasteiger charge is -2.25. The van der Waals surface area contributed by atoms with Crippen molar-refractivity contribution >= 4 is 5.97 Å². The largest absolute Gasteiger partial charge is 0.476 e. The smallest absolute Gasteiger partial charge is 0.356 e. The SMILES string of the molecule is CN1CCC(c2nc(C(=O)O)c3n2C(N)CCC3)C1. The first-order valence-corrected chi connectivity index (χ1v) is 6.86. The van der Waals surface area contributed by atoms with Gasteiger partial charge in [-0.3, -0.25) is 0 Å². The molecule has 2 aliphatic rings. The Labute approximate surface area is 112 Å². The molecule has 2 atom stereocenters. The number of aromatic nitrogens is 2. The second-order valence-electron chi connectivity index (χ2n) is 5.65. The lowest BCUT2D eigenvalue weighted by molar-refractivity contribution is 0.0689. The Bertz CT molecular complexity index is 511. The number of imidazole rings is 1. The van der Waals surface area contributed by atoms with Gasteiger partial charge in [0.15, 0.2) is 5.69 Å². The molecular weight excluding hydrogens is 244 g/mol. The van der Waals surface area contributed by atoms with Crippen molar-refractivity contribution < 1.29 is 9.90 Å². The van der Waals surface area contributed by atoms with E-state index in [1.807, 2.05) is 4.57 Å². The molecule has 3 N–H and O–H groups in total. The molecule has 2 unspecified atom stereocenters. The first kappa shape index (κ1) is 12.6. The van der Waals surface area contributed by atoms with Gasteiger partial charge in [-0.05, 0) is 39.3 Å². The summed E-state index contributed by atoms with van der Waals surface area (Å²) in [5, 5.41) is 9.31. The molecule has 3 heterocycles. The molecule has 0 aromatic carbocycles. The average Bonchev–Trinajstić information content (AvgIpc) is 2.93. The molecule has 0 amide bonds. The van der Waals surface area contributed by atoms with Gasteiger partial charge in [-0.1, -0.05) is 0 Å². The second kappa shape index (κ2) is 4.61. The van der Waals surface area contributed by atoms with E-state index in [4.69, 9.17) is 5.73 Å². The van der Waals surface area contributed by atoms with E-state index in [1.54, 1.807) is 0 Å². The van der Waals surface area contributed by atoms with Crippen LogP contribution in [0.2, 0.25) is 0 Å². The molecule has 1 saturated heterocycles. The van der Waals surface area contributed by atoms with Crippen LogP contribution in [-0.4, -0.2) is 45.7 Å². The molecule has 1 aromatic heterocycles. The third-order valence-electron chi connectivity index (χ3n) is 4.24. The summed E-state index contributed by atoms with van der Waals surface area (Å²) in [7, 11) is 2.08. The summed E-state index contributed by atoms with van der Waals surface area (Å²) >= 11 is 0. The number of carboxylic acids is 1. The van der Waals surface area contributed by atoms with Crippen LogP contribution in [0.4, 0.5) is 0 Å². The Balaban J connectivity index is 2.06. The van der Waals surface area contributed by atoms with Crippen LogP contribution in [0.25, 0.3) is 0 Å². The van der Waals surface area contributed by atoms with Crippen molar-refractivity contribution in [1.82, 2.24) is 14.5 Å². The number of hydrogen-bond acceptors (Lipinski definition) is 4. The van der Waals surface area contributed by atoms with Crippen molar-refractivity contribution in [1.29, 1.82) is 0 Å². The Morgan fingerprint density at radius 1 is 1.47 bits per heavy atom. The maximum Gasteiger partial charge on any atom is 0.356 e. The molecule has 3 rings (SSSR count). The van der Waals surface area contributed by atoms with Gasteiger partial charge in [-0.15, -0.1) is 0 Å². The summed E-state index contributed by atoms with van der Waals surface area (Å²) in [6, 6.07) is 0. The van der Waals surface area contributed by atoms with E-state index in [2.05, 4.69) is 16.9 Å². The van der Waals surface area contributed by atoms with Crippen LogP contribution >= 0.6 is 0 Å². The molecule has 0 spiro atoms. The molecule has 0 saturated carbocycles. The van der Waals surface area contributed by atoms with Gasteiger partial charge in [0, 0.05) is 12.5 Å². The molecule has 0 bridgehead atoms. The summed E-state index contributed by atoms with van der Waals surface area (Å²) in [6.07, 6.45) is 3.52. The van der Waals surface area contributed by atoms with Crippen LogP contribution in [0.1, 0.15) is 53.4 Å². The van der Waals surface area contributed by atoms with E-state index >= 15 is 0 Å². The highest BCUT2D eigenvalue weighted by molar-refractivity contribution is 5.87. The number of hydrogen-bond donors (Lipinski definition) is 2. The molecule has 1 aromatic rings. The zero-order valence-electron chi connectivity index (χ0n) is 11.2. The predicted molar refractivity (Wildman–Crippen MR) is 70.2 cm³/mol. The summed E-state index contributed by atoms with van der Waals surface area (Å²) in [5.74, 6) is 0.250. The third-order valence-corrected chi connectivity index (χ3v) is 4.24. The van der Waals surface area contributed by atoms with Crippen LogP contribution in [-0.2, 0) is 6.42 Å². The number of aromatic carboxylic acids is 1. The van der Waals surface area contributed by atoms with E-state index in [1.165, 1.54) is 0 Å². The van der Waals surface area contributed by atoms with Crippen LogP contribution in [0.5, 0.6) is 0 Å². The standard InChI is InChI=1S/C13H20N4O2/c1-16-6-5-8(7-16)12-15-11(13(18)19)9-3-2-4-10(14)17(9)12/h8,10H,2-7,14H2,1H3,(H,18,19). The fourth-order valence-corrected chi connectivity index (χ4v) is 3.31. The van der Waals surface area contributed by atoms with Gasteiger partial charge in [0.1, 0.15) is 5.82 Å². The zero-order chi connectivity index (χ0) is 13.6.